The molecule has 0 saturated carbocycles. The predicted octanol–water partition coefficient (Wildman–Crippen LogP) is -0.282. The van der Waals surface area contributed by atoms with E-state index in [4.69, 9.17) is 14.7 Å². The predicted molar refractivity (Wildman–Crippen MR) is 36.3 cm³/mol. The quantitative estimate of drug-likeness (QED) is 0.426. The molecule has 0 aromatic rings. The highest BCUT2D eigenvalue weighted by Gasteiger charge is 2.04. The highest BCUT2D eigenvalue weighted by molar-refractivity contribution is 4.75. The van der Waals surface area contributed by atoms with Gasteiger partial charge in [-0.2, -0.15) is 5.26 Å². The molecule has 0 bridgehead atoms. The topological polar surface area (TPSA) is 54.3 Å². The average molecular weight is 144 g/mol. The monoisotopic (exact) mass is 144 g/mol. The number of hydrogen-bond acceptors (Lipinski definition) is 4. The van der Waals surface area contributed by atoms with Crippen molar-refractivity contribution in [2.75, 3.05) is 27.4 Å². The minimum atomic E-state index is -0.0278. The summed E-state index contributed by atoms with van der Waals surface area (Å²) in [6.07, 6.45) is 1.83. The summed E-state index contributed by atoms with van der Waals surface area (Å²) in [5.41, 5.74) is 0. The Labute approximate surface area is 60.7 Å². The first-order valence-corrected chi connectivity index (χ1v) is 2.97. The van der Waals surface area contributed by atoms with E-state index in [1.54, 1.807) is 14.2 Å². The molecule has 10 heavy (non-hydrogen) atoms. The number of methoxy groups -OCH3 is 2. The van der Waals surface area contributed by atoms with Crippen molar-refractivity contribution in [2.45, 2.75) is 6.04 Å². The van der Waals surface area contributed by atoms with Gasteiger partial charge in [-0.1, -0.05) is 0 Å². The van der Waals surface area contributed by atoms with Crippen LogP contribution in [-0.4, -0.2) is 33.5 Å². The summed E-state index contributed by atoms with van der Waals surface area (Å²) in [5, 5.41) is 10.8. The second kappa shape index (κ2) is 6.33. The summed E-state index contributed by atoms with van der Waals surface area (Å²) < 4.78 is 9.63. The lowest BCUT2D eigenvalue weighted by molar-refractivity contribution is 0.110. The first-order chi connectivity index (χ1) is 4.85. The van der Waals surface area contributed by atoms with Crippen molar-refractivity contribution in [1.82, 2.24) is 5.32 Å². The highest BCUT2D eigenvalue weighted by atomic mass is 16.5. The molecule has 1 N–H and O–H groups in total. The zero-order valence-corrected chi connectivity index (χ0v) is 6.26. The molecule has 58 valence electrons. The summed E-state index contributed by atoms with van der Waals surface area (Å²) in [5.74, 6) is 0. The molecular formula is C6H12N2O2. The molecule has 4 heteroatoms. The molecule has 0 unspecified atom stereocenters. The van der Waals surface area contributed by atoms with Crippen LogP contribution in [0.25, 0.3) is 0 Å². The van der Waals surface area contributed by atoms with E-state index in [1.807, 2.05) is 6.19 Å². The SMILES string of the molecule is COCC(COC)NC#N. The van der Waals surface area contributed by atoms with Crippen LogP contribution in [0.1, 0.15) is 0 Å². The van der Waals surface area contributed by atoms with Crippen molar-refractivity contribution in [2.24, 2.45) is 0 Å². The Bertz CT molecular complexity index is 105. The van der Waals surface area contributed by atoms with Gasteiger partial charge in [0.1, 0.15) is 0 Å². The number of nitriles is 1. The fourth-order valence-electron chi connectivity index (χ4n) is 0.625. The number of nitrogens with one attached hydrogen (secondary N) is 1. The number of rotatable bonds is 5. The van der Waals surface area contributed by atoms with Crippen LogP contribution >= 0.6 is 0 Å². The Balaban J connectivity index is 3.42. The van der Waals surface area contributed by atoms with Gasteiger partial charge in [-0.25, -0.2) is 0 Å². The van der Waals surface area contributed by atoms with E-state index in [0.717, 1.165) is 0 Å². The fraction of sp³-hybridized carbons (Fsp3) is 0.833. The lowest BCUT2D eigenvalue weighted by Crippen LogP contribution is -2.33. The van der Waals surface area contributed by atoms with E-state index < -0.39 is 0 Å². The summed E-state index contributed by atoms with van der Waals surface area (Å²) in [6, 6.07) is -0.0278. The molecule has 0 spiro atoms. The van der Waals surface area contributed by atoms with Gasteiger partial charge in [0, 0.05) is 14.2 Å². The van der Waals surface area contributed by atoms with Crippen LogP contribution < -0.4 is 5.32 Å². The Morgan fingerprint density at radius 1 is 1.40 bits per heavy atom. The van der Waals surface area contributed by atoms with Crippen molar-refractivity contribution >= 4 is 0 Å². The Hall–Kier alpha value is -0.790. The minimum Gasteiger partial charge on any atom is -0.382 e. The van der Waals surface area contributed by atoms with E-state index in [-0.39, 0.29) is 6.04 Å². The van der Waals surface area contributed by atoms with Crippen molar-refractivity contribution in [1.29, 1.82) is 5.26 Å². The molecule has 0 heterocycles. The van der Waals surface area contributed by atoms with Crippen LogP contribution in [0.5, 0.6) is 0 Å². The van der Waals surface area contributed by atoms with Crippen LogP contribution in [0, 0.1) is 11.5 Å². The van der Waals surface area contributed by atoms with E-state index in [2.05, 4.69) is 5.32 Å². The first kappa shape index (κ1) is 9.21. The maximum atomic E-state index is 8.22. The van der Waals surface area contributed by atoms with Gasteiger partial charge in [0.15, 0.2) is 6.19 Å². The summed E-state index contributed by atoms with van der Waals surface area (Å²) in [4.78, 5) is 0. The van der Waals surface area contributed by atoms with Gasteiger partial charge in [0.2, 0.25) is 0 Å². The largest absolute Gasteiger partial charge is 0.382 e. The van der Waals surface area contributed by atoms with Gasteiger partial charge >= 0.3 is 0 Å². The third kappa shape index (κ3) is 4.13. The second-order valence-electron chi connectivity index (χ2n) is 1.86. The minimum absolute atomic E-state index is 0.0278. The molecule has 0 amide bonds. The molecule has 0 radical (unpaired) electrons. The molecule has 4 nitrogen and oxygen atoms in total. The van der Waals surface area contributed by atoms with Crippen molar-refractivity contribution in [3.8, 4) is 6.19 Å². The maximum Gasteiger partial charge on any atom is 0.176 e. The van der Waals surface area contributed by atoms with E-state index in [9.17, 15) is 0 Å². The van der Waals surface area contributed by atoms with Crippen LogP contribution in [0.3, 0.4) is 0 Å². The molecule has 0 aromatic heterocycles. The third-order valence-corrected chi connectivity index (χ3v) is 1.00. The van der Waals surface area contributed by atoms with Gasteiger partial charge in [-0.3, -0.25) is 0 Å². The van der Waals surface area contributed by atoms with E-state index in [1.165, 1.54) is 0 Å². The Kier molecular flexibility index (Phi) is 5.83. The van der Waals surface area contributed by atoms with Crippen molar-refractivity contribution < 1.29 is 9.47 Å². The number of ether oxygens (including phenoxy) is 2. The third-order valence-electron chi connectivity index (χ3n) is 1.00. The van der Waals surface area contributed by atoms with Gasteiger partial charge in [-0.15, -0.1) is 0 Å². The Morgan fingerprint density at radius 2 is 1.90 bits per heavy atom. The van der Waals surface area contributed by atoms with Crippen LogP contribution in [0.2, 0.25) is 0 Å². The number of hydrogen-bond donors (Lipinski definition) is 1. The van der Waals surface area contributed by atoms with Gasteiger partial charge in [0.05, 0.1) is 19.3 Å². The summed E-state index contributed by atoms with van der Waals surface area (Å²) in [7, 11) is 3.17. The second-order valence-corrected chi connectivity index (χ2v) is 1.86. The van der Waals surface area contributed by atoms with Crippen LogP contribution in [-0.2, 0) is 9.47 Å². The van der Waals surface area contributed by atoms with Crippen LogP contribution in [0.4, 0.5) is 0 Å². The smallest absolute Gasteiger partial charge is 0.176 e. The normalized spacial score (nSPS) is 9.40. The Morgan fingerprint density at radius 3 is 2.20 bits per heavy atom. The lowest BCUT2D eigenvalue weighted by Gasteiger charge is -2.11. The molecule has 0 aliphatic rings. The summed E-state index contributed by atoms with van der Waals surface area (Å²) >= 11 is 0. The van der Waals surface area contributed by atoms with Crippen LogP contribution in [0.15, 0.2) is 0 Å². The zero-order valence-electron chi connectivity index (χ0n) is 6.26. The zero-order chi connectivity index (χ0) is 7.82. The van der Waals surface area contributed by atoms with Gasteiger partial charge in [0.25, 0.3) is 0 Å². The summed E-state index contributed by atoms with van der Waals surface area (Å²) in [6.45, 7) is 0.975. The van der Waals surface area contributed by atoms with E-state index in [0.29, 0.717) is 13.2 Å². The molecule has 0 saturated heterocycles. The standard InChI is InChI=1S/C6H12N2O2/c1-9-3-6(4-10-2)8-5-7/h6,8H,3-4H2,1-2H3. The maximum absolute atomic E-state index is 8.22. The molecule has 0 aromatic carbocycles. The molecule has 0 aliphatic carbocycles. The van der Waals surface area contributed by atoms with Crippen molar-refractivity contribution in [3.05, 3.63) is 0 Å². The molecule has 0 aliphatic heterocycles. The molecular weight excluding hydrogens is 132 g/mol. The fourth-order valence-corrected chi connectivity index (χ4v) is 0.625. The first-order valence-electron chi connectivity index (χ1n) is 2.97. The molecule has 0 fully saturated rings. The average Bonchev–Trinajstić information content (AvgIpc) is 1.90. The van der Waals surface area contributed by atoms with Gasteiger partial charge < -0.3 is 14.8 Å². The molecule has 0 rings (SSSR count). The van der Waals surface area contributed by atoms with Crippen molar-refractivity contribution in [3.63, 3.8) is 0 Å². The molecule has 0 atom stereocenters. The lowest BCUT2D eigenvalue weighted by atomic mass is 10.3. The van der Waals surface area contributed by atoms with Gasteiger partial charge in [-0.05, 0) is 0 Å². The number of nitrogens with zero attached hydrogens (tertiary/aromatic N) is 1. The highest BCUT2D eigenvalue weighted by Crippen LogP contribution is 1.83. The van der Waals surface area contributed by atoms with E-state index >= 15 is 0 Å².